The van der Waals surface area contributed by atoms with Crippen molar-refractivity contribution in [1.82, 2.24) is 0 Å². The maximum atomic E-state index is 4.91. The van der Waals surface area contributed by atoms with Crippen molar-refractivity contribution in [3.8, 4) is 0 Å². The predicted octanol–water partition coefficient (Wildman–Crippen LogP) is -0.102. The van der Waals surface area contributed by atoms with Crippen LogP contribution in [0.3, 0.4) is 0 Å². The standard InChI is InChI=1S/C4H11OSi/c1-4(2)3-5-6/h3H2,1-2,6H3. The first-order chi connectivity index (χ1) is 2.77. The molecule has 37 valence electrons. The van der Waals surface area contributed by atoms with Crippen LogP contribution in [0.15, 0.2) is 0 Å². The molecule has 0 spiro atoms. The molecule has 0 amide bonds. The second kappa shape index (κ2) is 3.37. The fraction of sp³-hybridized carbons (Fsp3) is 0.750. The zero-order chi connectivity index (χ0) is 4.99. The molecule has 0 fully saturated rings. The largest absolute Gasteiger partial charge is 0.427 e. The second-order valence-corrected chi connectivity index (χ2v) is 2.22. The maximum absolute atomic E-state index is 4.91. The fourth-order valence-electron chi connectivity index (χ4n) is 0.289. The van der Waals surface area contributed by atoms with Crippen molar-refractivity contribution in [3.63, 3.8) is 0 Å². The summed E-state index contributed by atoms with van der Waals surface area (Å²) < 4.78 is 4.91. The molecular formula is C4H11OSi. The second-order valence-electron chi connectivity index (χ2n) is 1.64. The average Bonchev–Trinajstić information content (AvgIpc) is 1.35. The van der Waals surface area contributed by atoms with Gasteiger partial charge < -0.3 is 4.43 Å². The molecule has 0 aliphatic rings. The van der Waals surface area contributed by atoms with Gasteiger partial charge in [-0.25, -0.2) is 0 Å². The van der Waals surface area contributed by atoms with Gasteiger partial charge in [0.2, 0.25) is 0 Å². The van der Waals surface area contributed by atoms with Crippen LogP contribution in [0.4, 0.5) is 0 Å². The van der Waals surface area contributed by atoms with E-state index in [0.29, 0.717) is 0 Å². The summed E-state index contributed by atoms with van der Waals surface area (Å²) in [6.45, 7) is 4.99. The first-order valence-electron chi connectivity index (χ1n) is 2.05. The molecule has 0 saturated carbocycles. The van der Waals surface area contributed by atoms with E-state index in [1.54, 1.807) is 0 Å². The highest BCUT2D eigenvalue weighted by molar-refractivity contribution is 5.98. The molecule has 0 unspecified atom stereocenters. The molecule has 0 bridgehead atoms. The van der Waals surface area contributed by atoms with E-state index in [2.05, 4.69) is 13.8 Å². The van der Waals surface area contributed by atoms with Gasteiger partial charge in [0.05, 0.1) is 0 Å². The van der Waals surface area contributed by atoms with Crippen molar-refractivity contribution in [2.45, 2.75) is 13.8 Å². The summed E-state index contributed by atoms with van der Waals surface area (Å²) in [5, 5.41) is 0. The summed E-state index contributed by atoms with van der Waals surface area (Å²) in [5.74, 6) is 1.35. The Morgan fingerprint density at radius 3 is 2.17 bits per heavy atom. The summed E-state index contributed by atoms with van der Waals surface area (Å²) >= 11 is 0. The quantitative estimate of drug-likeness (QED) is 0.443. The lowest BCUT2D eigenvalue weighted by atomic mass is 10.2. The fourth-order valence-corrected chi connectivity index (χ4v) is 0.866. The molecule has 0 aliphatic carbocycles. The molecule has 0 aromatic carbocycles. The average molecular weight is 103 g/mol. The highest BCUT2D eigenvalue weighted by atomic mass is 28.2. The molecule has 2 heteroatoms. The molecule has 0 aromatic rings. The first kappa shape index (κ1) is 6.18. The van der Waals surface area contributed by atoms with Gasteiger partial charge in [-0.2, -0.15) is 0 Å². The smallest absolute Gasteiger partial charge is 0.145 e. The summed E-state index contributed by atoms with van der Waals surface area (Å²) in [7, 11) is 0.866. The Hall–Kier alpha value is 0.177. The Balaban J connectivity index is 2.63. The van der Waals surface area contributed by atoms with Crippen molar-refractivity contribution in [2.75, 3.05) is 6.61 Å². The number of hydrogen-bond acceptors (Lipinski definition) is 1. The number of hydrogen-bond donors (Lipinski definition) is 0. The van der Waals surface area contributed by atoms with Crippen LogP contribution in [0.5, 0.6) is 0 Å². The summed E-state index contributed by atoms with van der Waals surface area (Å²) in [4.78, 5) is 0. The van der Waals surface area contributed by atoms with Crippen LogP contribution in [-0.4, -0.2) is 17.1 Å². The molecule has 0 rings (SSSR count). The summed E-state index contributed by atoms with van der Waals surface area (Å²) in [5.41, 5.74) is 0. The lowest BCUT2D eigenvalue weighted by molar-refractivity contribution is 0.366. The van der Waals surface area contributed by atoms with Crippen LogP contribution in [0.2, 0.25) is 0 Å². The first-order valence-corrected chi connectivity index (χ1v) is 2.87. The highest BCUT2D eigenvalue weighted by Crippen LogP contribution is 1.91. The van der Waals surface area contributed by atoms with Crippen LogP contribution in [0, 0.1) is 5.92 Å². The van der Waals surface area contributed by atoms with Crippen molar-refractivity contribution in [2.24, 2.45) is 0 Å². The van der Waals surface area contributed by atoms with Crippen molar-refractivity contribution < 1.29 is 4.43 Å². The zero-order valence-electron chi connectivity index (χ0n) is 4.62. The molecule has 0 N–H and O–H groups in total. The minimum Gasteiger partial charge on any atom is -0.427 e. The molecule has 0 heterocycles. The molecule has 0 aliphatic heterocycles. The molecule has 0 atom stereocenters. The van der Waals surface area contributed by atoms with Gasteiger partial charge in [-0.05, 0) is 5.92 Å². The third kappa shape index (κ3) is 4.18. The van der Waals surface area contributed by atoms with E-state index in [4.69, 9.17) is 4.43 Å². The van der Waals surface area contributed by atoms with E-state index in [9.17, 15) is 0 Å². The Kier molecular flexibility index (Phi) is 3.47. The van der Waals surface area contributed by atoms with Gasteiger partial charge in [0.15, 0.2) is 0 Å². The van der Waals surface area contributed by atoms with Gasteiger partial charge in [0.1, 0.15) is 10.5 Å². The van der Waals surface area contributed by atoms with Gasteiger partial charge in [-0.3, -0.25) is 0 Å². The van der Waals surface area contributed by atoms with Gasteiger partial charge in [-0.15, -0.1) is 0 Å². The molecule has 0 aromatic heterocycles. The van der Waals surface area contributed by atoms with Crippen LogP contribution in [0.1, 0.15) is 13.8 Å². The Morgan fingerprint density at radius 2 is 2.17 bits per heavy atom. The summed E-state index contributed by atoms with van der Waals surface area (Å²) in [6, 6.07) is 0. The minimum absolute atomic E-state index is 0.853. The zero-order valence-corrected chi connectivity index (χ0v) is 6.62. The van der Waals surface area contributed by atoms with Crippen LogP contribution in [-0.2, 0) is 4.43 Å². The highest BCUT2D eigenvalue weighted by Gasteiger charge is 1.86. The van der Waals surface area contributed by atoms with E-state index in [1.165, 1.54) is 5.92 Å². The Labute approximate surface area is 42.2 Å². The SMILES string of the molecule is C[C](C)CO[SiH3]. The monoisotopic (exact) mass is 103 g/mol. The summed E-state index contributed by atoms with van der Waals surface area (Å²) in [6.07, 6.45) is 0. The van der Waals surface area contributed by atoms with E-state index in [1.807, 2.05) is 0 Å². The van der Waals surface area contributed by atoms with E-state index in [0.717, 1.165) is 17.1 Å². The molecule has 1 nitrogen and oxygen atoms in total. The van der Waals surface area contributed by atoms with Crippen LogP contribution in [0.25, 0.3) is 0 Å². The Morgan fingerprint density at radius 1 is 1.67 bits per heavy atom. The van der Waals surface area contributed by atoms with Crippen LogP contribution >= 0.6 is 0 Å². The minimum atomic E-state index is 0.853. The van der Waals surface area contributed by atoms with Gasteiger partial charge in [-0.1, -0.05) is 13.8 Å². The lowest BCUT2D eigenvalue weighted by Gasteiger charge is -1.97. The Bertz CT molecular complexity index is 28.7. The van der Waals surface area contributed by atoms with Gasteiger partial charge in [0, 0.05) is 6.61 Å². The van der Waals surface area contributed by atoms with Gasteiger partial charge >= 0.3 is 0 Å². The van der Waals surface area contributed by atoms with E-state index in [-0.39, 0.29) is 0 Å². The van der Waals surface area contributed by atoms with Crippen molar-refractivity contribution in [1.29, 1.82) is 0 Å². The lowest BCUT2D eigenvalue weighted by Crippen LogP contribution is -1.94. The van der Waals surface area contributed by atoms with Crippen LogP contribution < -0.4 is 0 Å². The van der Waals surface area contributed by atoms with E-state index >= 15 is 0 Å². The maximum Gasteiger partial charge on any atom is 0.145 e. The van der Waals surface area contributed by atoms with Crippen molar-refractivity contribution in [3.05, 3.63) is 5.92 Å². The molecule has 1 radical (unpaired) electrons. The third-order valence-corrected chi connectivity index (χ3v) is 0.722. The van der Waals surface area contributed by atoms with Gasteiger partial charge in [0.25, 0.3) is 0 Å². The topological polar surface area (TPSA) is 9.23 Å². The third-order valence-electron chi connectivity index (χ3n) is 0.433. The van der Waals surface area contributed by atoms with E-state index < -0.39 is 0 Å². The predicted molar refractivity (Wildman–Crippen MR) is 30.5 cm³/mol. The normalized spacial score (nSPS) is 10.5. The molecule has 6 heavy (non-hydrogen) atoms. The molecule has 0 saturated heterocycles. The number of rotatable bonds is 2. The van der Waals surface area contributed by atoms with Crippen molar-refractivity contribution >= 4 is 10.5 Å². The molecular weight excluding hydrogens is 92.1 g/mol.